The number of hydrogen-bond acceptors (Lipinski definition) is 5. The molecule has 1 saturated heterocycles. The number of likely N-dealkylation sites (tertiary alicyclic amines) is 1. The van der Waals surface area contributed by atoms with Crippen molar-refractivity contribution in [2.45, 2.75) is 12.3 Å². The molecule has 12 heteroatoms. The lowest BCUT2D eigenvalue weighted by molar-refractivity contribution is -0.274. The predicted octanol–water partition coefficient (Wildman–Crippen LogP) is 4.13. The first-order chi connectivity index (χ1) is 16.6. The van der Waals surface area contributed by atoms with Crippen LogP contribution in [-0.4, -0.2) is 54.8 Å². The highest BCUT2D eigenvalue weighted by molar-refractivity contribution is 5.96. The van der Waals surface area contributed by atoms with Gasteiger partial charge in [0.25, 0.3) is 5.91 Å². The number of benzene rings is 1. The summed E-state index contributed by atoms with van der Waals surface area (Å²) in [6, 6.07) is 7.09. The molecular weight excluding hydrogens is 468 g/mol. The Balaban J connectivity index is 1.59. The molecule has 1 aliphatic rings. The summed E-state index contributed by atoms with van der Waals surface area (Å²) in [6.07, 6.45) is 0.342. The van der Waals surface area contributed by atoms with Gasteiger partial charge in [-0.15, -0.1) is 13.2 Å². The molecular formula is C23H18F4N6O2. The van der Waals surface area contributed by atoms with Gasteiger partial charge in [0.15, 0.2) is 11.5 Å². The third-order valence-corrected chi connectivity index (χ3v) is 5.71. The minimum atomic E-state index is -4.80. The fraction of sp³-hybridized carbons (Fsp3) is 0.217. The number of aryl methyl sites for hydroxylation is 1. The van der Waals surface area contributed by atoms with Crippen LogP contribution < -0.4 is 4.74 Å². The fourth-order valence-electron chi connectivity index (χ4n) is 4.11. The van der Waals surface area contributed by atoms with Gasteiger partial charge in [0.05, 0.1) is 23.0 Å². The fourth-order valence-corrected chi connectivity index (χ4v) is 4.11. The van der Waals surface area contributed by atoms with Gasteiger partial charge in [0.1, 0.15) is 5.75 Å². The largest absolute Gasteiger partial charge is 0.573 e. The highest BCUT2D eigenvalue weighted by Crippen LogP contribution is 2.38. The molecule has 0 atom stereocenters. The molecule has 35 heavy (non-hydrogen) atoms. The van der Waals surface area contributed by atoms with Crippen LogP contribution in [0.2, 0.25) is 0 Å². The Hall–Kier alpha value is -4.22. The quantitative estimate of drug-likeness (QED) is 0.313. The Morgan fingerprint density at radius 1 is 1.17 bits per heavy atom. The van der Waals surface area contributed by atoms with Crippen LogP contribution in [0.5, 0.6) is 5.75 Å². The average molecular weight is 486 g/mol. The van der Waals surface area contributed by atoms with Crippen LogP contribution in [0, 0.1) is 0 Å². The Labute approximate surface area is 196 Å². The SMILES string of the molecule is C=C(F)C(=O)N1CC(c2nn(-c3ccc(OC(F)(F)F)cc3)c3nccc(-c4cnn(C)c4)c23)C1. The van der Waals surface area contributed by atoms with Crippen molar-refractivity contribution < 1.29 is 27.1 Å². The van der Waals surface area contributed by atoms with E-state index in [0.717, 1.165) is 11.1 Å². The van der Waals surface area contributed by atoms with E-state index in [1.807, 2.05) is 12.3 Å². The van der Waals surface area contributed by atoms with Gasteiger partial charge in [-0.05, 0) is 35.9 Å². The third kappa shape index (κ3) is 4.22. The summed E-state index contributed by atoms with van der Waals surface area (Å²) >= 11 is 0. The molecule has 180 valence electrons. The molecule has 8 nitrogen and oxygen atoms in total. The number of pyridine rings is 1. The van der Waals surface area contributed by atoms with E-state index in [4.69, 9.17) is 5.10 Å². The number of ether oxygens (including phenoxy) is 1. The first kappa shape index (κ1) is 22.6. The lowest BCUT2D eigenvalue weighted by Crippen LogP contribution is -2.48. The molecule has 0 aliphatic carbocycles. The summed E-state index contributed by atoms with van der Waals surface area (Å²) in [5.41, 5.74) is 3.21. The van der Waals surface area contributed by atoms with Gasteiger partial charge in [-0.3, -0.25) is 9.48 Å². The van der Waals surface area contributed by atoms with E-state index < -0.39 is 18.1 Å². The first-order valence-corrected chi connectivity index (χ1v) is 10.5. The van der Waals surface area contributed by atoms with Crippen LogP contribution >= 0.6 is 0 Å². The number of rotatable bonds is 5. The standard InChI is InChI=1S/C23H18F4N6O2/c1-13(24)22(34)32-11-15(12-32)20-19-18(14-9-29-31(2)10-14)7-8-28-21(19)33(30-20)16-3-5-17(6-4-16)35-23(25,26)27/h3-10,15H,1,11-12H2,2H3. The van der Waals surface area contributed by atoms with Crippen LogP contribution in [0.4, 0.5) is 17.6 Å². The van der Waals surface area contributed by atoms with Crippen molar-refractivity contribution in [1.29, 1.82) is 0 Å². The smallest absolute Gasteiger partial charge is 0.406 e. The monoisotopic (exact) mass is 486 g/mol. The Kier molecular flexibility index (Phi) is 5.30. The molecule has 5 rings (SSSR count). The van der Waals surface area contributed by atoms with Crippen molar-refractivity contribution in [1.82, 2.24) is 29.4 Å². The van der Waals surface area contributed by atoms with Crippen molar-refractivity contribution in [3.05, 3.63) is 67.0 Å². The van der Waals surface area contributed by atoms with E-state index >= 15 is 0 Å². The van der Waals surface area contributed by atoms with Crippen molar-refractivity contribution >= 4 is 16.9 Å². The van der Waals surface area contributed by atoms with Crippen molar-refractivity contribution in [3.8, 4) is 22.6 Å². The van der Waals surface area contributed by atoms with Crippen molar-refractivity contribution in [2.75, 3.05) is 13.1 Å². The highest BCUT2D eigenvalue weighted by atomic mass is 19.4. The normalized spacial score (nSPS) is 14.3. The molecule has 1 fully saturated rings. The number of nitrogens with zero attached hydrogens (tertiary/aromatic N) is 6. The number of hydrogen-bond donors (Lipinski definition) is 0. The van der Waals surface area contributed by atoms with Gasteiger partial charge in [0, 0.05) is 44.0 Å². The molecule has 4 heterocycles. The molecule has 0 N–H and O–H groups in total. The zero-order valence-corrected chi connectivity index (χ0v) is 18.3. The number of amides is 1. The maximum atomic E-state index is 13.3. The van der Waals surface area contributed by atoms with Gasteiger partial charge in [0.2, 0.25) is 0 Å². The minimum Gasteiger partial charge on any atom is -0.406 e. The summed E-state index contributed by atoms with van der Waals surface area (Å²) in [5, 5.41) is 9.67. The predicted molar refractivity (Wildman–Crippen MR) is 117 cm³/mol. The van der Waals surface area contributed by atoms with E-state index in [2.05, 4.69) is 21.4 Å². The molecule has 0 radical (unpaired) electrons. The number of carbonyl (C=O) groups is 1. The second-order valence-electron chi connectivity index (χ2n) is 8.11. The topological polar surface area (TPSA) is 78.1 Å². The van der Waals surface area contributed by atoms with Crippen LogP contribution in [-0.2, 0) is 11.8 Å². The van der Waals surface area contributed by atoms with E-state index in [1.165, 1.54) is 33.8 Å². The van der Waals surface area contributed by atoms with Gasteiger partial charge >= 0.3 is 6.36 Å². The summed E-state index contributed by atoms with van der Waals surface area (Å²) < 4.78 is 58.1. The number of halogens is 4. The molecule has 4 aromatic rings. The van der Waals surface area contributed by atoms with E-state index in [0.29, 0.717) is 22.4 Å². The number of aromatic nitrogens is 5. The molecule has 0 unspecified atom stereocenters. The zero-order chi connectivity index (χ0) is 24.9. The molecule has 1 aromatic carbocycles. The second-order valence-corrected chi connectivity index (χ2v) is 8.11. The highest BCUT2D eigenvalue weighted by Gasteiger charge is 2.37. The van der Waals surface area contributed by atoms with Gasteiger partial charge in [-0.2, -0.15) is 10.2 Å². The Morgan fingerprint density at radius 3 is 2.49 bits per heavy atom. The minimum absolute atomic E-state index is 0.200. The van der Waals surface area contributed by atoms with Crippen LogP contribution in [0.1, 0.15) is 11.6 Å². The third-order valence-electron chi connectivity index (χ3n) is 5.71. The van der Waals surface area contributed by atoms with E-state index in [-0.39, 0.29) is 24.8 Å². The number of fused-ring (bicyclic) bond motifs is 1. The number of carbonyl (C=O) groups excluding carboxylic acids is 1. The average Bonchev–Trinajstić information content (AvgIpc) is 3.36. The summed E-state index contributed by atoms with van der Waals surface area (Å²) in [6.45, 7) is 3.54. The summed E-state index contributed by atoms with van der Waals surface area (Å²) in [5.74, 6) is -2.36. The van der Waals surface area contributed by atoms with Gasteiger partial charge in [-0.25, -0.2) is 14.1 Å². The lowest BCUT2D eigenvalue weighted by atomic mass is 9.92. The maximum absolute atomic E-state index is 13.3. The molecule has 0 saturated carbocycles. The molecule has 0 bridgehead atoms. The number of alkyl halides is 3. The molecule has 1 amide bonds. The zero-order valence-electron chi connectivity index (χ0n) is 18.3. The van der Waals surface area contributed by atoms with Crippen molar-refractivity contribution in [3.63, 3.8) is 0 Å². The summed E-state index contributed by atoms with van der Waals surface area (Å²) in [7, 11) is 1.79. The van der Waals surface area contributed by atoms with Crippen LogP contribution in [0.15, 0.2) is 61.3 Å². The van der Waals surface area contributed by atoms with Crippen LogP contribution in [0.3, 0.4) is 0 Å². The second kappa shape index (κ2) is 8.22. The van der Waals surface area contributed by atoms with Gasteiger partial charge in [-0.1, -0.05) is 6.58 Å². The molecule has 3 aromatic heterocycles. The maximum Gasteiger partial charge on any atom is 0.573 e. The Morgan fingerprint density at radius 2 is 1.89 bits per heavy atom. The molecule has 1 aliphatic heterocycles. The van der Waals surface area contributed by atoms with E-state index in [9.17, 15) is 22.4 Å². The molecule has 0 spiro atoms. The van der Waals surface area contributed by atoms with Crippen molar-refractivity contribution in [2.24, 2.45) is 7.05 Å². The van der Waals surface area contributed by atoms with E-state index in [1.54, 1.807) is 24.1 Å². The lowest BCUT2D eigenvalue weighted by Gasteiger charge is -2.38. The first-order valence-electron chi connectivity index (χ1n) is 10.5. The summed E-state index contributed by atoms with van der Waals surface area (Å²) in [4.78, 5) is 17.7. The van der Waals surface area contributed by atoms with Gasteiger partial charge < -0.3 is 9.64 Å². The Bertz CT molecular complexity index is 1430. The van der Waals surface area contributed by atoms with Crippen LogP contribution in [0.25, 0.3) is 27.8 Å².